The van der Waals surface area contributed by atoms with Crippen molar-refractivity contribution in [1.29, 1.82) is 0 Å². The zero-order valence-electron chi connectivity index (χ0n) is 34.5. The summed E-state index contributed by atoms with van der Waals surface area (Å²) in [6, 6.07) is 6.41. The van der Waals surface area contributed by atoms with E-state index in [0.717, 1.165) is 88.2 Å². The van der Waals surface area contributed by atoms with Gasteiger partial charge in [-0.3, -0.25) is 0 Å². The minimum Gasteiger partial charge on any atom is -0.490 e. The zero-order chi connectivity index (χ0) is 39.4. The number of halogens is 4. The van der Waals surface area contributed by atoms with Crippen LogP contribution in [0.4, 0.5) is 17.6 Å². The second-order valence-electron chi connectivity index (χ2n) is 16.2. The molecule has 2 saturated carbocycles. The Balaban J connectivity index is 1.54. The van der Waals surface area contributed by atoms with E-state index >= 15 is 17.6 Å². The monoisotopic (exact) mass is 771 g/mol. The SMILES string of the molecule is CCCCC[C@H]1CC[C@H](C(=CCOCC=C(c2ccc(OCCCC)c(F)c2F)[C@H]2CC[C@H](CCCCC)CC2)c2ccc(OCCCC)c(F)c2F)CC1. The lowest BCUT2D eigenvalue weighted by atomic mass is 9.75. The van der Waals surface area contributed by atoms with E-state index in [1.165, 1.54) is 51.4 Å². The number of allylic oxidation sites excluding steroid dienone is 2. The molecule has 2 fully saturated rings. The number of rotatable bonds is 24. The molecule has 0 atom stereocenters. The van der Waals surface area contributed by atoms with E-state index in [2.05, 4.69) is 13.8 Å². The van der Waals surface area contributed by atoms with Crippen molar-refractivity contribution in [2.45, 2.75) is 156 Å². The Bertz CT molecular complexity index is 1360. The maximum atomic E-state index is 15.8. The number of unbranched alkanes of at least 4 members (excludes halogenated alkanes) is 6. The molecule has 0 unspecified atom stereocenters. The molecule has 4 rings (SSSR count). The van der Waals surface area contributed by atoms with Crippen molar-refractivity contribution in [2.24, 2.45) is 23.7 Å². The van der Waals surface area contributed by atoms with E-state index < -0.39 is 23.3 Å². The molecule has 308 valence electrons. The Morgan fingerprint density at radius 2 is 0.891 bits per heavy atom. The molecule has 0 saturated heterocycles. The van der Waals surface area contributed by atoms with Crippen LogP contribution in [0.3, 0.4) is 0 Å². The van der Waals surface area contributed by atoms with Gasteiger partial charge in [0.15, 0.2) is 23.1 Å². The van der Waals surface area contributed by atoms with Gasteiger partial charge in [0.2, 0.25) is 11.6 Å². The number of hydrogen-bond acceptors (Lipinski definition) is 3. The summed E-state index contributed by atoms with van der Waals surface area (Å²) in [7, 11) is 0. The third-order valence-electron chi connectivity index (χ3n) is 12.1. The molecule has 55 heavy (non-hydrogen) atoms. The first-order valence-corrected chi connectivity index (χ1v) is 22.0. The van der Waals surface area contributed by atoms with Gasteiger partial charge in [-0.05, 0) is 123 Å². The quantitative estimate of drug-likeness (QED) is 0.0786. The second-order valence-corrected chi connectivity index (χ2v) is 16.2. The van der Waals surface area contributed by atoms with E-state index in [0.29, 0.717) is 25.0 Å². The molecule has 0 amide bonds. The molecule has 2 aliphatic carbocycles. The van der Waals surface area contributed by atoms with Crippen molar-refractivity contribution < 1.29 is 31.8 Å². The van der Waals surface area contributed by atoms with Gasteiger partial charge in [0.25, 0.3) is 0 Å². The van der Waals surface area contributed by atoms with Gasteiger partial charge in [-0.15, -0.1) is 0 Å². The van der Waals surface area contributed by atoms with Gasteiger partial charge < -0.3 is 14.2 Å². The molecule has 2 aromatic carbocycles. The molecule has 0 heterocycles. The average Bonchev–Trinajstić information content (AvgIpc) is 3.20. The van der Waals surface area contributed by atoms with Crippen molar-refractivity contribution in [1.82, 2.24) is 0 Å². The summed E-state index contributed by atoms with van der Waals surface area (Å²) in [6.45, 7) is 9.56. The lowest BCUT2D eigenvalue weighted by Crippen LogP contribution is -2.17. The van der Waals surface area contributed by atoms with Crippen LogP contribution < -0.4 is 9.47 Å². The normalized spacial score (nSPS) is 20.9. The van der Waals surface area contributed by atoms with Crippen LogP contribution in [-0.2, 0) is 4.74 Å². The lowest BCUT2D eigenvalue weighted by Gasteiger charge is -2.31. The van der Waals surface area contributed by atoms with Crippen molar-refractivity contribution in [3.63, 3.8) is 0 Å². The molecule has 0 aliphatic heterocycles. The number of hydrogen-bond donors (Lipinski definition) is 0. The predicted octanol–water partition coefficient (Wildman–Crippen LogP) is 14.9. The summed E-state index contributed by atoms with van der Waals surface area (Å²) in [5, 5.41) is 0. The highest BCUT2D eigenvalue weighted by Crippen LogP contribution is 2.43. The molecule has 0 aromatic heterocycles. The predicted molar refractivity (Wildman–Crippen MR) is 219 cm³/mol. The van der Waals surface area contributed by atoms with E-state index in [4.69, 9.17) is 14.2 Å². The van der Waals surface area contributed by atoms with Crippen LogP contribution in [0, 0.1) is 46.9 Å². The van der Waals surface area contributed by atoms with E-state index in [1.807, 2.05) is 26.0 Å². The summed E-state index contributed by atoms with van der Waals surface area (Å²) >= 11 is 0. The summed E-state index contributed by atoms with van der Waals surface area (Å²) < 4.78 is 79.7. The van der Waals surface area contributed by atoms with Crippen molar-refractivity contribution >= 4 is 11.1 Å². The third-order valence-corrected chi connectivity index (χ3v) is 12.1. The van der Waals surface area contributed by atoms with Gasteiger partial charge in [-0.2, -0.15) is 8.78 Å². The Labute approximate surface area is 330 Å². The highest BCUT2D eigenvalue weighted by molar-refractivity contribution is 5.70. The van der Waals surface area contributed by atoms with Crippen LogP contribution in [0.5, 0.6) is 11.5 Å². The lowest BCUT2D eigenvalue weighted by molar-refractivity contribution is 0.193. The Morgan fingerprint density at radius 1 is 0.509 bits per heavy atom. The summed E-state index contributed by atoms with van der Waals surface area (Å²) in [6.07, 6.45) is 25.0. The van der Waals surface area contributed by atoms with Crippen LogP contribution in [0.1, 0.15) is 167 Å². The van der Waals surface area contributed by atoms with Gasteiger partial charge in [-0.25, -0.2) is 8.78 Å². The maximum Gasteiger partial charge on any atom is 0.201 e. The number of benzene rings is 2. The summed E-state index contributed by atoms with van der Waals surface area (Å²) in [4.78, 5) is 0. The largest absolute Gasteiger partial charge is 0.490 e. The topological polar surface area (TPSA) is 27.7 Å². The molecule has 0 bridgehead atoms. The first-order valence-electron chi connectivity index (χ1n) is 22.0. The fourth-order valence-electron chi connectivity index (χ4n) is 8.63. The minimum absolute atomic E-state index is 0.0539. The Kier molecular flexibility index (Phi) is 20.2. The summed E-state index contributed by atoms with van der Waals surface area (Å²) in [5.41, 5.74) is 2.09. The van der Waals surface area contributed by atoms with Gasteiger partial charge in [0, 0.05) is 11.1 Å². The van der Waals surface area contributed by atoms with Crippen molar-refractivity contribution in [2.75, 3.05) is 26.4 Å². The zero-order valence-corrected chi connectivity index (χ0v) is 34.5. The van der Waals surface area contributed by atoms with Crippen LogP contribution >= 0.6 is 0 Å². The highest BCUT2D eigenvalue weighted by Gasteiger charge is 2.29. The van der Waals surface area contributed by atoms with Crippen molar-refractivity contribution in [3.05, 3.63) is 70.8 Å². The third kappa shape index (κ3) is 13.7. The highest BCUT2D eigenvalue weighted by atomic mass is 19.2. The fraction of sp³-hybridized carbons (Fsp3) is 0.667. The van der Waals surface area contributed by atoms with Gasteiger partial charge in [0.1, 0.15) is 0 Å². The van der Waals surface area contributed by atoms with Crippen LogP contribution in [0.2, 0.25) is 0 Å². The van der Waals surface area contributed by atoms with Gasteiger partial charge >= 0.3 is 0 Å². The van der Waals surface area contributed by atoms with Gasteiger partial charge in [-0.1, -0.05) is 104 Å². The molecule has 0 N–H and O–H groups in total. The maximum absolute atomic E-state index is 15.8. The first kappa shape index (κ1) is 44.9. The number of ether oxygens (including phenoxy) is 3. The van der Waals surface area contributed by atoms with Crippen LogP contribution in [-0.4, -0.2) is 26.4 Å². The molecule has 2 aromatic rings. The van der Waals surface area contributed by atoms with Crippen LogP contribution in [0.15, 0.2) is 36.4 Å². The molecule has 7 heteroatoms. The molecular formula is C48H70F4O3. The molecular weight excluding hydrogens is 701 g/mol. The Morgan fingerprint density at radius 3 is 1.25 bits per heavy atom. The van der Waals surface area contributed by atoms with E-state index in [9.17, 15) is 0 Å². The molecule has 0 spiro atoms. The molecule has 2 aliphatic rings. The minimum atomic E-state index is -0.947. The summed E-state index contributed by atoms with van der Waals surface area (Å²) in [5.74, 6) is -2.21. The Hall–Kier alpha value is -2.80. The molecule has 0 radical (unpaired) electrons. The fourth-order valence-corrected chi connectivity index (χ4v) is 8.63. The van der Waals surface area contributed by atoms with Crippen LogP contribution in [0.25, 0.3) is 11.1 Å². The standard InChI is InChI=1S/C48H70F4O3/c1-5-9-13-15-35-17-21-37(22-18-35)39(41-25-27-43(47(51)45(41)49)54-31-11-7-3)29-33-53-34-30-40(38-23-19-36(20-24-38)16-14-10-6-2)42-26-28-44(48(52)46(42)50)55-32-12-8-4/h25-30,35-38H,5-24,31-34H2,1-4H3/t35-,36-,37-,38-. The van der Waals surface area contributed by atoms with E-state index in [1.54, 1.807) is 24.3 Å². The van der Waals surface area contributed by atoms with E-state index in [-0.39, 0.29) is 47.7 Å². The average molecular weight is 771 g/mol. The second kappa shape index (κ2) is 24.8. The molecule has 3 nitrogen and oxygen atoms in total. The van der Waals surface area contributed by atoms with Gasteiger partial charge in [0.05, 0.1) is 26.4 Å². The first-order chi connectivity index (χ1) is 26.8. The van der Waals surface area contributed by atoms with Crippen molar-refractivity contribution in [3.8, 4) is 11.5 Å². The smallest absolute Gasteiger partial charge is 0.201 e.